The van der Waals surface area contributed by atoms with E-state index in [1.165, 1.54) is 0 Å². The van der Waals surface area contributed by atoms with Crippen molar-refractivity contribution in [3.8, 4) is 0 Å². The first-order chi connectivity index (χ1) is 7.57. The second kappa shape index (κ2) is 6.82. The van der Waals surface area contributed by atoms with E-state index in [1.54, 1.807) is 11.8 Å². The highest BCUT2D eigenvalue weighted by Crippen LogP contribution is 2.29. The molecule has 0 aromatic carbocycles. The molecule has 1 atom stereocenters. The second-order valence-corrected chi connectivity index (χ2v) is 6.33. The molecule has 1 fully saturated rings. The van der Waals surface area contributed by atoms with Crippen LogP contribution in [0.25, 0.3) is 0 Å². The Balaban J connectivity index is 2.54. The maximum atomic E-state index is 12.0. The number of nitrogens with zero attached hydrogens (tertiary/aromatic N) is 1. The minimum Gasteiger partial charge on any atom is -0.294 e. The lowest BCUT2D eigenvalue weighted by atomic mass is 10.0. The van der Waals surface area contributed by atoms with E-state index in [4.69, 9.17) is 23.8 Å². The normalized spacial score (nSPS) is 20.9. The van der Waals surface area contributed by atoms with Gasteiger partial charge in [-0.1, -0.05) is 37.8 Å². The Morgan fingerprint density at radius 3 is 2.88 bits per heavy atom. The van der Waals surface area contributed by atoms with E-state index in [-0.39, 0.29) is 11.9 Å². The van der Waals surface area contributed by atoms with Crippen LogP contribution in [-0.4, -0.2) is 32.8 Å². The Bertz CT molecular complexity index is 271. The van der Waals surface area contributed by atoms with Crippen LogP contribution in [0.5, 0.6) is 0 Å². The van der Waals surface area contributed by atoms with Crippen LogP contribution in [-0.2, 0) is 4.79 Å². The van der Waals surface area contributed by atoms with Gasteiger partial charge in [-0.15, -0.1) is 11.6 Å². The number of thiocarbonyl (C=S) groups is 1. The van der Waals surface area contributed by atoms with Gasteiger partial charge in [0.25, 0.3) is 0 Å². The molecule has 0 saturated carbocycles. The molecule has 92 valence electrons. The van der Waals surface area contributed by atoms with E-state index >= 15 is 0 Å². The maximum absolute atomic E-state index is 12.0. The number of hydrogen-bond donors (Lipinski definition) is 0. The van der Waals surface area contributed by atoms with Crippen LogP contribution >= 0.6 is 35.6 Å². The topological polar surface area (TPSA) is 20.3 Å². The molecule has 0 aromatic heterocycles. The molecule has 1 amide bonds. The molecule has 16 heavy (non-hydrogen) atoms. The van der Waals surface area contributed by atoms with Crippen LogP contribution in [0.15, 0.2) is 0 Å². The highest BCUT2D eigenvalue weighted by atomic mass is 35.5. The summed E-state index contributed by atoms with van der Waals surface area (Å²) in [5.74, 6) is 2.20. The van der Waals surface area contributed by atoms with E-state index in [1.807, 2.05) is 4.90 Å². The molecule has 1 heterocycles. The van der Waals surface area contributed by atoms with Crippen LogP contribution in [0.2, 0.25) is 0 Å². The van der Waals surface area contributed by atoms with Gasteiger partial charge in [0.2, 0.25) is 5.91 Å². The zero-order valence-electron chi connectivity index (χ0n) is 9.74. The number of rotatable bonds is 5. The number of carbonyl (C=O) groups is 1. The number of hydrogen-bond acceptors (Lipinski definition) is 3. The summed E-state index contributed by atoms with van der Waals surface area (Å²) in [6.07, 6.45) is 2.32. The molecule has 1 unspecified atom stereocenters. The first-order valence-electron chi connectivity index (χ1n) is 5.62. The third kappa shape index (κ3) is 3.60. The van der Waals surface area contributed by atoms with Crippen molar-refractivity contribution in [2.75, 3.05) is 11.6 Å². The van der Waals surface area contributed by atoms with Crippen molar-refractivity contribution in [3.05, 3.63) is 0 Å². The lowest BCUT2D eigenvalue weighted by molar-refractivity contribution is -0.128. The number of unbranched alkanes of at least 4 members (excludes halogenated alkanes) is 1. The van der Waals surface area contributed by atoms with Gasteiger partial charge >= 0.3 is 0 Å². The smallest absolute Gasteiger partial charge is 0.228 e. The molecular formula is C11H18ClNOS2. The second-order valence-electron chi connectivity index (χ2n) is 4.30. The summed E-state index contributed by atoms with van der Waals surface area (Å²) in [5, 5.41) is 0. The molecule has 1 aliphatic heterocycles. The summed E-state index contributed by atoms with van der Waals surface area (Å²) in [5.41, 5.74) is 0. The van der Waals surface area contributed by atoms with Gasteiger partial charge in [0, 0.05) is 24.1 Å². The zero-order valence-corrected chi connectivity index (χ0v) is 12.1. The fraction of sp³-hybridized carbons (Fsp3) is 0.818. The molecule has 0 radical (unpaired) electrons. The molecule has 1 rings (SSSR count). The van der Waals surface area contributed by atoms with Crippen LogP contribution in [0.4, 0.5) is 0 Å². The summed E-state index contributed by atoms with van der Waals surface area (Å²) < 4.78 is 0.745. The Morgan fingerprint density at radius 2 is 2.31 bits per heavy atom. The lowest BCUT2D eigenvalue weighted by Crippen LogP contribution is -2.41. The van der Waals surface area contributed by atoms with Crippen molar-refractivity contribution in [1.29, 1.82) is 0 Å². The molecular weight excluding hydrogens is 262 g/mol. The number of alkyl halides is 1. The van der Waals surface area contributed by atoms with E-state index < -0.39 is 0 Å². The Labute approximate surface area is 112 Å². The average molecular weight is 280 g/mol. The largest absolute Gasteiger partial charge is 0.294 e. The van der Waals surface area contributed by atoms with Crippen LogP contribution in [0.1, 0.15) is 33.1 Å². The van der Waals surface area contributed by atoms with Crippen molar-refractivity contribution in [2.24, 2.45) is 5.92 Å². The van der Waals surface area contributed by atoms with Gasteiger partial charge in [0.05, 0.1) is 0 Å². The van der Waals surface area contributed by atoms with Gasteiger partial charge < -0.3 is 0 Å². The average Bonchev–Trinajstić information content (AvgIpc) is 2.60. The molecule has 0 aliphatic carbocycles. The summed E-state index contributed by atoms with van der Waals surface area (Å²) in [7, 11) is 0. The third-order valence-electron chi connectivity index (χ3n) is 2.72. The zero-order chi connectivity index (χ0) is 12.1. The Hall–Kier alpha value is 0.200. The molecule has 0 bridgehead atoms. The van der Waals surface area contributed by atoms with E-state index in [0.29, 0.717) is 18.2 Å². The predicted octanol–water partition coefficient (Wildman–Crippen LogP) is 3.28. The van der Waals surface area contributed by atoms with Gasteiger partial charge in [0.15, 0.2) is 0 Å². The highest BCUT2D eigenvalue weighted by molar-refractivity contribution is 8.23. The molecule has 0 aromatic rings. The fourth-order valence-electron chi connectivity index (χ4n) is 1.70. The van der Waals surface area contributed by atoms with Gasteiger partial charge in [-0.05, 0) is 18.8 Å². The van der Waals surface area contributed by atoms with E-state index in [9.17, 15) is 4.79 Å². The monoisotopic (exact) mass is 279 g/mol. The van der Waals surface area contributed by atoms with Gasteiger partial charge in [-0.3, -0.25) is 9.69 Å². The molecule has 0 N–H and O–H groups in total. The van der Waals surface area contributed by atoms with E-state index in [2.05, 4.69) is 13.8 Å². The first-order valence-corrected chi connectivity index (χ1v) is 7.55. The quantitative estimate of drug-likeness (QED) is 0.438. The summed E-state index contributed by atoms with van der Waals surface area (Å²) >= 11 is 12.5. The van der Waals surface area contributed by atoms with Crippen molar-refractivity contribution in [1.82, 2.24) is 4.90 Å². The van der Waals surface area contributed by atoms with Gasteiger partial charge in [-0.25, -0.2) is 0 Å². The van der Waals surface area contributed by atoms with Crippen molar-refractivity contribution >= 4 is 45.8 Å². The number of carbonyl (C=O) groups excluding carboxylic acids is 1. The summed E-state index contributed by atoms with van der Waals surface area (Å²) in [4.78, 5) is 13.8. The lowest BCUT2D eigenvalue weighted by Gasteiger charge is -2.26. The van der Waals surface area contributed by atoms with Crippen LogP contribution in [0, 0.1) is 5.92 Å². The SMILES string of the molecule is CC(C)C1CSC(=S)N1C(=O)CCCCCl. The Kier molecular flexibility index (Phi) is 6.08. The standard InChI is InChI=1S/C11H18ClNOS2/c1-8(2)9-7-16-11(15)13(9)10(14)5-3-4-6-12/h8-9H,3-7H2,1-2H3. The fourth-order valence-corrected chi connectivity index (χ4v) is 3.56. The van der Waals surface area contributed by atoms with Crippen molar-refractivity contribution in [3.63, 3.8) is 0 Å². The minimum absolute atomic E-state index is 0.166. The Morgan fingerprint density at radius 1 is 1.62 bits per heavy atom. The maximum Gasteiger partial charge on any atom is 0.228 e. The highest BCUT2D eigenvalue weighted by Gasteiger charge is 2.34. The molecule has 5 heteroatoms. The van der Waals surface area contributed by atoms with Crippen LogP contribution in [0.3, 0.4) is 0 Å². The summed E-state index contributed by atoms with van der Waals surface area (Å²) in [6, 6.07) is 0.279. The van der Waals surface area contributed by atoms with E-state index in [0.717, 1.165) is 22.9 Å². The third-order valence-corrected chi connectivity index (χ3v) is 4.49. The number of amides is 1. The molecule has 1 aliphatic rings. The van der Waals surface area contributed by atoms with Gasteiger partial charge in [0.1, 0.15) is 4.32 Å². The van der Waals surface area contributed by atoms with Crippen molar-refractivity contribution < 1.29 is 4.79 Å². The number of halogens is 1. The van der Waals surface area contributed by atoms with Crippen molar-refractivity contribution in [2.45, 2.75) is 39.2 Å². The molecule has 2 nitrogen and oxygen atoms in total. The summed E-state index contributed by atoms with van der Waals surface area (Å²) in [6.45, 7) is 4.27. The minimum atomic E-state index is 0.166. The first kappa shape index (κ1) is 14.3. The van der Waals surface area contributed by atoms with Gasteiger partial charge in [-0.2, -0.15) is 0 Å². The van der Waals surface area contributed by atoms with Crippen LogP contribution < -0.4 is 0 Å². The molecule has 1 saturated heterocycles. The predicted molar refractivity (Wildman–Crippen MR) is 75.1 cm³/mol. The molecule has 0 spiro atoms. The number of thioether (sulfide) groups is 1.